The molecule has 2 atom stereocenters. The summed E-state index contributed by atoms with van der Waals surface area (Å²) in [6.07, 6.45) is 0. The molecule has 0 spiro atoms. The molecular formula is C17H16ClN3O4. The standard InChI is InChI=1S/C17H16ClN3O4/c1-25-13-8-10(4-7-12(13)22)15-14(18)17(24)21(15)20-16(23)9-2-5-11(19)6-3-9/h2-8,14-15,22H,19H2,1H3,(H,20,23)/t14-,15-/m1/s1. The fourth-order valence-corrected chi connectivity index (χ4v) is 2.95. The van der Waals surface area contributed by atoms with Crippen LogP contribution in [0, 0.1) is 0 Å². The Labute approximate surface area is 148 Å². The fourth-order valence-electron chi connectivity index (χ4n) is 2.58. The molecule has 8 heteroatoms. The van der Waals surface area contributed by atoms with Crippen molar-refractivity contribution in [2.75, 3.05) is 12.8 Å². The van der Waals surface area contributed by atoms with Crippen molar-refractivity contribution in [2.45, 2.75) is 11.4 Å². The van der Waals surface area contributed by atoms with Gasteiger partial charge in [-0.25, -0.2) is 5.01 Å². The van der Waals surface area contributed by atoms with E-state index in [4.69, 9.17) is 22.1 Å². The van der Waals surface area contributed by atoms with Gasteiger partial charge in [0, 0.05) is 11.3 Å². The minimum absolute atomic E-state index is 0.0273. The first-order valence-electron chi connectivity index (χ1n) is 7.43. The summed E-state index contributed by atoms with van der Waals surface area (Å²) in [6.45, 7) is 0. The second-order valence-corrected chi connectivity index (χ2v) is 6.02. The number of halogens is 1. The number of aromatic hydroxyl groups is 1. The SMILES string of the molecule is COc1cc([C@@H]2[C@@H](Cl)C(=O)N2NC(=O)c2ccc(N)cc2)ccc1O. The molecule has 25 heavy (non-hydrogen) atoms. The Hall–Kier alpha value is -2.93. The van der Waals surface area contributed by atoms with E-state index in [0.29, 0.717) is 16.8 Å². The van der Waals surface area contributed by atoms with Gasteiger partial charge < -0.3 is 15.6 Å². The highest BCUT2D eigenvalue weighted by atomic mass is 35.5. The Morgan fingerprint density at radius 3 is 2.60 bits per heavy atom. The highest BCUT2D eigenvalue weighted by molar-refractivity contribution is 6.33. The van der Waals surface area contributed by atoms with E-state index in [2.05, 4.69) is 5.43 Å². The lowest BCUT2D eigenvalue weighted by Crippen LogP contribution is -2.63. The van der Waals surface area contributed by atoms with Crippen LogP contribution in [0.4, 0.5) is 5.69 Å². The van der Waals surface area contributed by atoms with Gasteiger partial charge in [0.05, 0.1) is 7.11 Å². The van der Waals surface area contributed by atoms with Crippen LogP contribution < -0.4 is 15.9 Å². The molecule has 1 aliphatic rings. The number of nitrogens with one attached hydrogen (secondary N) is 1. The van der Waals surface area contributed by atoms with Crippen LogP contribution in [-0.2, 0) is 4.79 Å². The zero-order chi connectivity index (χ0) is 18.1. The molecule has 2 amide bonds. The number of nitrogens with two attached hydrogens (primary N) is 1. The summed E-state index contributed by atoms with van der Waals surface area (Å²) < 4.78 is 5.07. The van der Waals surface area contributed by atoms with Gasteiger partial charge in [-0.15, -0.1) is 11.6 Å². The third-order valence-electron chi connectivity index (χ3n) is 3.97. The van der Waals surface area contributed by atoms with Crippen molar-refractivity contribution in [3.63, 3.8) is 0 Å². The molecule has 4 N–H and O–H groups in total. The largest absolute Gasteiger partial charge is 0.504 e. The molecule has 1 aliphatic heterocycles. The third-order valence-corrected chi connectivity index (χ3v) is 4.39. The number of methoxy groups -OCH3 is 1. The molecule has 0 saturated carbocycles. The third kappa shape index (κ3) is 3.06. The molecule has 3 rings (SSSR count). The maximum atomic E-state index is 12.3. The lowest BCUT2D eigenvalue weighted by molar-refractivity contribution is -0.149. The van der Waals surface area contributed by atoms with Crippen molar-refractivity contribution in [3.8, 4) is 11.5 Å². The maximum absolute atomic E-state index is 12.3. The lowest BCUT2D eigenvalue weighted by Gasteiger charge is -2.44. The Balaban J connectivity index is 1.81. The molecule has 0 aromatic heterocycles. The van der Waals surface area contributed by atoms with Gasteiger partial charge >= 0.3 is 0 Å². The van der Waals surface area contributed by atoms with Gasteiger partial charge in [0.15, 0.2) is 11.5 Å². The number of ether oxygens (including phenoxy) is 1. The number of alkyl halides is 1. The highest BCUT2D eigenvalue weighted by Gasteiger charge is 2.48. The molecule has 7 nitrogen and oxygen atoms in total. The van der Waals surface area contributed by atoms with E-state index >= 15 is 0 Å². The van der Waals surface area contributed by atoms with Crippen LogP contribution in [0.25, 0.3) is 0 Å². The van der Waals surface area contributed by atoms with E-state index in [1.165, 1.54) is 18.2 Å². The smallest absolute Gasteiger partial charge is 0.269 e. The lowest BCUT2D eigenvalue weighted by atomic mass is 9.95. The Morgan fingerprint density at radius 2 is 1.96 bits per heavy atom. The normalized spacial score (nSPS) is 19.3. The predicted octanol–water partition coefficient (Wildman–Crippen LogP) is 1.82. The maximum Gasteiger partial charge on any atom is 0.269 e. The number of nitrogen functional groups attached to an aromatic ring is 1. The van der Waals surface area contributed by atoms with Crippen molar-refractivity contribution >= 4 is 29.1 Å². The van der Waals surface area contributed by atoms with Crippen LogP contribution in [0.1, 0.15) is 22.0 Å². The number of benzene rings is 2. The Morgan fingerprint density at radius 1 is 1.28 bits per heavy atom. The van der Waals surface area contributed by atoms with Crippen LogP contribution in [0.5, 0.6) is 11.5 Å². The number of β-lactam (4-membered cyclic amide) rings is 1. The monoisotopic (exact) mass is 361 g/mol. The minimum atomic E-state index is -0.819. The van der Waals surface area contributed by atoms with E-state index in [1.807, 2.05) is 0 Å². The topological polar surface area (TPSA) is 105 Å². The molecule has 0 aliphatic carbocycles. The van der Waals surface area contributed by atoms with Gasteiger partial charge in [-0.05, 0) is 42.0 Å². The number of carbonyl (C=O) groups is 2. The summed E-state index contributed by atoms with van der Waals surface area (Å²) in [7, 11) is 1.42. The average molecular weight is 362 g/mol. The highest BCUT2D eigenvalue weighted by Crippen LogP contribution is 2.40. The number of phenols is 1. The first-order valence-corrected chi connectivity index (χ1v) is 7.86. The first kappa shape index (κ1) is 16.9. The Kier molecular flexibility index (Phi) is 4.41. The second kappa shape index (κ2) is 6.52. The van der Waals surface area contributed by atoms with Crippen molar-refractivity contribution in [3.05, 3.63) is 53.6 Å². The molecule has 1 heterocycles. The number of hydrogen-bond donors (Lipinski definition) is 3. The summed E-state index contributed by atoms with van der Waals surface area (Å²) in [5.74, 6) is -0.638. The number of anilines is 1. The van der Waals surface area contributed by atoms with Crippen LogP contribution in [-0.4, -0.2) is 34.4 Å². The number of rotatable bonds is 4. The minimum Gasteiger partial charge on any atom is -0.504 e. The van der Waals surface area contributed by atoms with Gasteiger partial charge in [-0.3, -0.25) is 15.0 Å². The number of carbonyl (C=O) groups excluding carboxylic acids is 2. The summed E-state index contributed by atoms with van der Waals surface area (Å²) in [5, 5.41) is 10.0. The van der Waals surface area contributed by atoms with E-state index in [1.54, 1.807) is 36.4 Å². The van der Waals surface area contributed by atoms with Gasteiger partial charge in [-0.2, -0.15) is 0 Å². The average Bonchev–Trinajstić information content (AvgIpc) is 2.62. The first-order chi connectivity index (χ1) is 11.9. The van der Waals surface area contributed by atoms with Gasteiger partial charge in [0.1, 0.15) is 11.4 Å². The second-order valence-electron chi connectivity index (χ2n) is 5.55. The molecule has 1 saturated heterocycles. The number of nitrogens with zero attached hydrogens (tertiary/aromatic N) is 1. The molecule has 0 bridgehead atoms. The zero-order valence-corrected chi connectivity index (χ0v) is 14.0. The predicted molar refractivity (Wildman–Crippen MR) is 92.2 cm³/mol. The van der Waals surface area contributed by atoms with Crippen LogP contribution >= 0.6 is 11.6 Å². The quantitative estimate of drug-likeness (QED) is 0.437. The summed E-state index contributed by atoms with van der Waals surface area (Å²) in [4.78, 5) is 24.4. The molecular weight excluding hydrogens is 346 g/mol. The number of phenolic OH excluding ortho intramolecular Hbond substituents is 1. The molecule has 1 fully saturated rings. The number of hydrogen-bond acceptors (Lipinski definition) is 5. The van der Waals surface area contributed by atoms with E-state index in [0.717, 1.165) is 0 Å². The Bertz CT molecular complexity index is 825. The van der Waals surface area contributed by atoms with Crippen molar-refractivity contribution in [1.29, 1.82) is 0 Å². The zero-order valence-electron chi connectivity index (χ0n) is 13.3. The fraction of sp³-hybridized carbons (Fsp3) is 0.176. The summed E-state index contributed by atoms with van der Waals surface area (Å²) >= 11 is 6.12. The number of hydrazine groups is 1. The van der Waals surface area contributed by atoms with Gasteiger partial charge in [0.2, 0.25) is 0 Å². The van der Waals surface area contributed by atoms with Gasteiger partial charge in [-0.1, -0.05) is 6.07 Å². The van der Waals surface area contributed by atoms with Crippen LogP contribution in [0.2, 0.25) is 0 Å². The van der Waals surface area contributed by atoms with Crippen LogP contribution in [0.15, 0.2) is 42.5 Å². The van der Waals surface area contributed by atoms with Crippen molar-refractivity contribution in [2.24, 2.45) is 0 Å². The van der Waals surface area contributed by atoms with E-state index < -0.39 is 23.2 Å². The van der Waals surface area contributed by atoms with E-state index in [9.17, 15) is 14.7 Å². The van der Waals surface area contributed by atoms with Crippen molar-refractivity contribution < 1.29 is 19.4 Å². The van der Waals surface area contributed by atoms with E-state index in [-0.39, 0.29) is 11.5 Å². The molecule has 0 unspecified atom stereocenters. The molecule has 2 aromatic rings. The molecule has 0 radical (unpaired) electrons. The van der Waals surface area contributed by atoms with Crippen molar-refractivity contribution in [1.82, 2.24) is 10.4 Å². The molecule has 130 valence electrons. The number of amides is 2. The summed E-state index contributed by atoms with van der Waals surface area (Å²) in [6, 6.07) is 10.4. The summed E-state index contributed by atoms with van der Waals surface area (Å²) in [5.41, 5.74) is 9.67. The molecule has 2 aromatic carbocycles. The van der Waals surface area contributed by atoms with Gasteiger partial charge in [0.25, 0.3) is 11.8 Å². The van der Waals surface area contributed by atoms with Crippen LogP contribution in [0.3, 0.4) is 0 Å².